The van der Waals surface area contributed by atoms with Gasteiger partial charge < -0.3 is 5.32 Å². The highest BCUT2D eigenvalue weighted by atomic mass is 32.2. The van der Waals surface area contributed by atoms with E-state index in [0.717, 1.165) is 42.6 Å². The standard InChI is InChI=1S/C28H29F3N4OS/c29-28(30,31)22-8-6-18(7-9-22)17-37-26-34-33-24(35(26)23-4-2-1-3-5-23)16-32-25(36)27-13-19-10-20(14-27)12-21(11-19)15-27/h1-9,19-21H,10-17H2,(H,32,36). The molecular weight excluding hydrogens is 497 g/mol. The number of hydrogen-bond donors (Lipinski definition) is 1. The molecule has 1 amide bonds. The fourth-order valence-corrected chi connectivity index (χ4v) is 7.94. The average Bonchev–Trinajstić information content (AvgIpc) is 3.28. The summed E-state index contributed by atoms with van der Waals surface area (Å²) in [6.07, 6.45) is 2.52. The molecule has 1 heterocycles. The van der Waals surface area contributed by atoms with Gasteiger partial charge in [-0.3, -0.25) is 9.36 Å². The van der Waals surface area contributed by atoms with Crippen molar-refractivity contribution < 1.29 is 18.0 Å². The van der Waals surface area contributed by atoms with Crippen molar-refractivity contribution in [1.82, 2.24) is 20.1 Å². The number of amides is 1. The lowest BCUT2D eigenvalue weighted by molar-refractivity contribution is -0.146. The number of hydrogen-bond acceptors (Lipinski definition) is 4. The van der Waals surface area contributed by atoms with Crippen LogP contribution in [0.25, 0.3) is 5.69 Å². The first kappa shape index (κ1) is 24.5. The van der Waals surface area contributed by atoms with Crippen LogP contribution in [0.4, 0.5) is 13.2 Å². The van der Waals surface area contributed by atoms with Gasteiger partial charge in [-0.2, -0.15) is 13.2 Å². The monoisotopic (exact) mass is 526 g/mol. The van der Waals surface area contributed by atoms with Crippen molar-refractivity contribution in [2.24, 2.45) is 23.2 Å². The van der Waals surface area contributed by atoms with Crippen molar-refractivity contribution in [3.8, 4) is 5.69 Å². The quantitative estimate of drug-likeness (QED) is 0.362. The summed E-state index contributed by atoms with van der Waals surface area (Å²) in [7, 11) is 0. The smallest absolute Gasteiger partial charge is 0.348 e. The maximum absolute atomic E-state index is 13.5. The molecule has 4 bridgehead atoms. The van der Waals surface area contributed by atoms with Gasteiger partial charge in [0.1, 0.15) is 0 Å². The Hall–Kier alpha value is -2.81. The van der Waals surface area contributed by atoms with Gasteiger partial charge in [0.05, 0.1) is 12.1 Å². The minimum absolute atomic E-state index is 0.146. The van der Waals surface area contributed by atoms with Crippen LogP contribution in [0.5, 0.6) is 0 Å². The molecule has 0 atom stereocenters. The molecule has 37 heavy (non-hydrogen) atoms. The number of para-hydroxylation sites is 1. The maximum atomic E-state index is 13.5. The normalized spacial score (nSPS) is 26.4. The number of benzene rings is 2. The van der Waals surface area contributed by atoms with E-state index in [9.17, 15) is 18.0 Å². The number of carbonyl (C=O) groups is 1. The first-order valence-electron chi connectivity index (χ1n) is 12.9. The lowest BCUT2D eigenvalue weighted by Gasteiger charge is -2.55. The number of carbonyl (C=O) groups excluding carboxylic acids is 1. The number of thioether (sulfide) groups is 1. The Kier molecular flexibility index (Phi) is 6.29. The van der Waals surface area contributed by atoms with Crippen molar-refractivity contribution >= 4 is 17.7 Å². The lowest BCUT2D eigenvalue weighted by Crippen LogP contribution is -2.53. The molecule has 194 valence electrons. The van der Waals surface area contributed by atoms with Crippen LogP contribution in [0.15, 0.2) is 59.8 Å². The zero-order chi connectivity index (χ0) is 25.6. The molecule has 4 aliphatic carbocycles. The summed E-state index contributed by atoms with van der Waals surface area (Å²) < 4.78 is 40.6. The van der Waals surface area contributed by atoms with Crippen LogP contribution in [0, 0.1) is 23.2 Å². The predicted molar refractivity (Wildman–Crippen MR) is 135 cm³/mol. The summed E-state index contributed by atoms with van der Waals surface area (Å²) in [6, 6.07) is 14.9. The third kappa shape index (κ3) is 4.90. The first-order chi connectivity index (χ1) is 17.8. The van der Waals surface area contributed by atoms with Crippen LogP contribution in [0.2, 0.25) is 0 Å². The van der Waals surface area contributed by atoms with E-state index < -0.39 is 11.7 Å². The highest BCUT2D eigenvalue weighted by Gasteiger charge is 2.54. The molecule has 0 radical (unpaired) electrons. The molecule has 0 saturated heterocycles. The van der Waals surface area contributed by atoms with Gasteiger partial charge in [0.15, 0.2) is 11.0 Å². The molecule has 4 fully saturated rings. The Morgan fingerprint density at radius 2 is 1.57 bits per heavy atom. The molecule has 1 N–H and O–H groups in total. The van der Waals surface area contributed by atoms with Gasteiger partial charge in [-0.1, -0.05) is 42.1 Å². The minimum atomic E-state index is -4.35. The van der Waals surface area contributed by atoms with E-state index in [0.29, 0.717) is 34.5 Å². The van der Waals surface area contributed by atoms with Crippen LogP contribution in [0.3, 0.4) is 0 Å². The number of nitrogens with one attached hydrogen (secondary N) is 1. The summed E-state index contributed by atoms with van der Waals surface area (Å²) in [5.74, 6) is 3.31. The van der Waals surface area contributed by atoms with E-state index in [1.807, 2.05) is 34.9 Å². The van der Waals surface area contributed by atoms with E-state index >= 15 is 0 Å². The fourth-order valence-electron chi connectivity index (χ4n) is 7.02. The molecule has 4 saturated carbocycles. The van der Waals surface area contributed by atoms with Crippen molar-refractivity contribution in [3.05, 3.63) is 71.5 Å². The first-order valence-corrected chi connectivity index (χ1v) is 13.8. The number of alkyl halides is 3. The Morgan fingerprint density at radius 3 is 2.16 bits per heavy atom. The highest BCUT2D eigenvalue weighted by Crippen LogP contribution is 2.60. The van der Waals surface area contributed by atoms with Crippen LogP contribution >= 0.6 is 11.8 Å². The van der Waals surface area contributed by atoms with Crippen molar-refractivity contribution in [3.63, 3.8) is 0 Å². The Labute approximate surface area is 218 Å². The fraction of sp³-hybridized carbons (Fsp3) is 0.464. The topological polar surface area (TPSA) is 59.8 Å². The van der Waals surface area contributed by atoms with E-state index in [1.165, 1.54) is 43.2 Å². The van der Waals surface area contributed by atoms with Gasteiger partial charge in [0.2, 0.25) is 5.91 Å². The van der Waals surface area contributed by atoms with Crippen LogP contribution in [-0.2, 0) is 23.3 Å². The number of aromatic nitrogens is 3. The third-order valence-corrected chi connectivity index (χ3v) is 9.29. The highest BCUT2D eigenvalue weighted by molar-refractivity contribution is 7.98. The summed E-state index contributed by atoms with van der Waals surface area (Å²) in [4.78, 5) is 13.5. The van der Waals surface area contributed by atoms with Gasteiger partial charge in [0, 0.05) is 16.9 Å². The van der Waals surface area contributed by atoms with Crippen molar-refractivity contribution in [1.29, 1.82) is 0 Å². The van der Waals surface area contributed by atoms with Gasteiger partial charge in [-0.15, -0.1) is 10.2 Å². The lowest BCUT2D eigenvalue weighted by atomic mass is 9.49. The minimum Gasteiger partial charge on any atom is -0.348 e. The Balaban J connectivity index is 1.18. The van der Waals surface area contributed by atoms with Gasteiger partial charge >= 0.3 is 6.18 Å². The molecule has 1 aromatic heterocycles. The number of halogens is 3. The molecule has 4 aliphatic rings. The van der Waals surface area contributed by atoms with Gasteiger partial charge in [0.25, 0.3) is 0 Å². The molecule has 3 aromatic rings. The zero-order valence-electron chi connectivity index (χ0n) is 20.4. The molecule has 5 nitrogen and oxygen atoms in total. The summed E-state index contributed by atoms with van der Waals surface area (Å²) in [6.45, 7) is 0.281. The van der Waals surface area contributed by atoms with E-state index in [1.54, 1.807) is 0 Å². The number of nitrogens with zero attached hydrogens (tertiary/aromatic N) is 3. The molecule has 0 aliphatic heterocycles. The summed E-state index contributed by atoms with van der Waals surface area (Å²) in [5.41, 5.74) is 0.747. The molecule has 2 aromatic carbocycles. The Morgan fingerprint density at radius 1 is 0.946 bits per heavy atom. The van der Waals surface area contributed by atoms with Crippen LogP contribution in [0.1, 0.15) is 55.5 Å². The van der Waals surface area contributed by atoms with Crippen LogP contribution in [-0.4, -0.2) is 20.7 Å². The SMILES string of the molecule is O=C(NCc1nnc(SCc2ccc(C(F)(F)F)cc2)n1-c1ccccc1)C12CC3CC(CC(C3)C1)C2. The summed E-state index contributed by atoms with van der Waals surface area (Å²) in [5, 5.41) is 12.6. The van der Waals surface area contributed by atoms with Crippen LogP contribution < -0.4 is 5.32 Å². The molecule has 0 unspecified atom stereocenters. The second-order valence-electron chi connectivity index (χ2n) is 10.9. The maximum Gasteiger partial charge on any atom is 0.416 e. The third-order valence-electron chi connectivity index (χ3n) is 8.29. The molecule has 7 rings (SSSR count). The zero-order valence-corrected chi connectivity index (χ0v) is 21.2. The molecule has 9 heteroatoms. The average molecular weight is 527 g/mol. The number of rotatable bonds is 7. The predicted octanol–water partition coefficient (Wildman–Crippen LogP) is 6.41. The van der Waals surface area contributed by atoms with E-state index in [4.69, 9.17) is 0 Å². The van der Waals surface area contributed by atoms with E-state index in [-0.39, 0.29) is 17.9 Å². The Bertz CT molecular complexity index is 1240. The second kappa shape index (κ2) is 9.49. The van der Waals surface area contributed by atoms with Crippen molar-refractivity contribution in [2.75, 3.05) is 0 Å². The molecule has 0 spiro atoms. The largest absolute Gasteiger partial charge is 0.416 e. The molecular formula is C28H29F3N4OS. The van der Waals surface area contributed by atoms with E-state index in [2.05, 4.69) is 15.5 Å². The summed E-state index contributed by atoms with van der Waals surface area (Å²) >= 11 is 1.41. The second-order valence-corrected chi connectivity index (χ2v) is 11.9. The van der Waals surface area contributed by atoms with Gasteiger partial charge in [-0.05, 0) is 86.1 Å². The van der Waals surface area contributed by atoms with Gasteiger partial charge in [-0.25, -0.2) is 0 Å². The van der Waals surface area contributed by atoms with Crippen molar-refractivity contribution in [2.45, 2.75) is 62.2 Å².